The van der Waals surface area contributed by atoms with Crippen LogP contribution in [-0.4, -0.2) is 9.78 Å². The molecule has 0 bridgehead atoms. The molecule has 0 aliphatic rings. The van der Waals surface area contributed by atoms with Crippen LogP contribution in [0.3, 0.4) is 0 Å². The van der Waals surface area contributed by atoms with Crippen molar-refractivity contribution in [1.82, 2.24) is 9.78 Å². The van der Waals surface area contributed by atoms with Crippen LogP contribution in [0, 0.1) is 5.82 Å². The molecule has 0 saturated heterocycles. The molecule has 0 aliphatic heterocycles. The van der Waals surface area contributed by atoms with E-state index in [1.807, 2.05) is 44.4 Å². The van der Waals surface area contributed by atoms with E-state index in [0.29, 0.717) is 5.75 Å². The van der Waals surface area contributed by atoms with Crippen molar-refractivity contribution in [3.8, 4) is 11.5 Å². The summed E-state index contributed by atoms with van der Waals surface area (Å²) in [6.07, 6.45) is 2.78. The summed E-state index contributed by atoms with van der Waals surface area (Å²) in [5.41, 5.74) is 2.82. The Morgan fingerprint density at radius 1 is 1.20 bits per heavy atom. The molecule has 1 unspecified atom stereocenters. The smallest absolute Gasteiger partial charge is 0.166 e. The van der Waals surface area contributed by atoms with Crippen LogP contribution in [0.25, 0.3) is 0 Å². The topological polar surface area (TPSA) is 39.1 Å². The molecule has 5 heteroatoms. The number of anilines is 1. The third-order valence-corrected chi connectivity index (χ3v) is 4.04. The molecule has 0 aliphatic carbocycles. The fourth-order valence-electron chi connectivity index (χ4n) is 2.72. The van der Waals surface area contributed by atoms with Crippen LogP contribution in [0.15, 0.2) is 54.7 Å². The van der Waals surface area contributed by atoms with Crippen molar-refractivity contribution in [3.05, 3.63) is 71.8 Å². The van der Waals surface area contributed by atoms with Gasteiger partial charge in [-0.15, -0.1) is 0 Å². The van der Waals surface area contributed by atoms with Crippen LogP contribution < -0.4 is 10.1 Å². The normalized spacial score (nSPS) is 12.0. The Balaban J connectivity index is 1.75. The highest BCUT2D eigenvalue weighted by Crippen LogP contribution is 2.28. The fraction of sp³-hybridized carbons (Fsp3) is 0.250. The van der Waals surface area contributed by atoms with Crippen molar-refractivity contribution >= 4 is 5.69 Å². The molecule has 1 N–H and O–H groups in total. The van der Waals surface area contributed by atoms with Gasteiger partial charge in [0.05, 0.1) is 11.4 Å². The van der Waals surface area contributed by atoms with E-state index >= 15 is 0 Å². The lowest BCUT2D eigenvalue weighted by atomic mass is 10.1. The van der Waals surface area contributed by atoms with E-state index in [-0.39, 0.29) is 17.6 Å². The van der Waals surface area contributed by atoms with E-state index in [0.717, 1.165) is 23.4 Å². The average Bonchev–Trinajstić information content (AvgIpc) is 2.97. The molecule has 0 fully saturated rings. The van der Waals surface area contributed by atoms with Crippen molar-refractivity contribution in [2.24, 2.45) is 7.05 Å². The molecule has 0 spiro atoms. The van der Waals surface area contributed by atoms with Gasteiger partial charge in [-0.3, -0.25) is 4.68 Å². The van der Waals surface area contributed by atoms with Gasteiger partial charge >= 0.3 is 0 Å². The number of aryl methyl sites for hydroxylation is 2. The highest BCUT2D eigenvalue weighted by Gasteiger charge is 2.13. The predicted octanol–water partition coefficient (Wildman–Crippen LogP) is 5.09. The number of nitrogens with zero attached hydrogens (tertiary/aromatic N) is 2. The highest BCUT2D eigenvalue weighted by atomic mass is 19.1. The third kappa shape index (κ3) is 3.99. The Labute approximate surface area is 147 Å². The second-order valence-corrected chi connectivity index (χ2v) is 5.99. The molecule has 130 valence electrons. The second kappa shape index (κ2) is 7.38. The first-order valence-corrected chi connectivity index (χ1v) is 8.38. The molecular weight excluding hydrogens is 317 g/mol. The van der Waals surface area contributed by atoms with Gasteiger partial charge in [-0.25, -0.2) is 4.39 Å². The van der Waals surface area contributed by atoms with Crippen molar-refractivity contribution in [3.63, 3.8) is 0 Å². The summed E-state index contributed by atoms with van der Waals surface area (Å²) in [5, 5.41) is 7.82. The first-order valence-electron chi connectivity index (χ1n) is 8.38. The molecule has 3 rings (SSSR count). The summed E-state index contributed by atoms with van der Waals surface area (Å²) in [4.78, 5) is 0. The van der Waals surface area contributed by atoms with Crippen molar-refractivity contribution in [2.45, 2.75) is 26.3 Å². The van der Waals surface area contributed by atoms with Crippen LogP contribution >= 0.6 is 0 Å². The monoisotopic (exact) mass is 339 g/mol. The van der Waals surface area contributed by atoms with E-state index in [1.165, 1.54) is 6.07 Å². The second-order valence-electron chi connectivity index (χ2n) is 5.99. The number of aromatic nitrogens is 2. The molecule has 2 aromatic carbocycles. The zero-order valence-corrected chi connectivity index (χ0v) is 14.7. The molecule has 25 heavy (non-hydrogen) atoms. The number of para-hydroxylation sites is 1. The lowest BCUT2D eigenvalue weighted by Gasteiger charge is -2.16. The number of rotatable bonds is 6. The molecule has 1 aromatic heterocycles. The summed E-state index contributed by atoms with van der Waals surface area (Å²) in [6.45, 7) is 4.06. The number of halogens is 1. The average molecular weight is 339 g/mol. The SMILES string of the molecule is CCc1nn(C)cc1NC(C)c1ccc(Oc2ccccc2)c(F)c1. The van der Waals surface area contributed by atoms with E-state index in [1.54, 1.807) is 22.9 Å². The third-order valence-electron chi connectivity index (χ3n) is 4.04. The minimum Gasteiger partial charge on any atom is -0.454 e. The lowest BCUT2D eigenvalue weighted by molar-refractivity contribution is 0.441. The van der Waals surface area contributed by atoms with Crippen LogP contribution in [-0.2, 0) is 13.5 Å². The van der Waals surface area contributed by atoms with Gasteiger partial charge in [0.1, 0.15) is 5.75 Å². The Morgan fingerprint density at radius 3 is 2.64 bits per heavy atom. The first kappa shape index (κ1) is 17.0. The summed E-state index contributed by atoms with van der Waals surface area (Å²) in [5.74, 6) is 0.456. The maximum atomic E-state index is 14.4. The minimum atomic E-state index is -0.378. The maximum absolute atomic E-state index is 14.4. The zero-order chi connectivity index (χ0) is 17.8. The number of ether oxygens (including phenoxy) is 1. The Bertz CT molecular complexity index is 845. The number of hydrogen-bond donors (Lipinski definition) is 1. The van der Waals surface area contributed by atoms with Gasteiger partial charge < -0.3 is 10.1 Å². The summed E-state index contributed by atoms with van der Waals surface area (Å²) in [7, 11) is 1.89. The number of nitrogens with one attached hydrogen (secondary N) is 1. The molecular formula is C20H22FN3O. The molecule has 3 aromatic rings. The Hall–Kier alpha value is -2.82. The van der Waals surface area contributed by atoms with Gasteiger partial charge in [0.15, 0.2) is 11.6 Å². The van der Waals surface area contributed by atoms with E-state index in [2.05, 4.69) is 17.3 Å². The van der Waals surface area contributed by atoms with Crippen LogP contribution in [0.2, 0.25) is 0 Å². The lowest BCUT2D eigenvalue weighted by Crippen LogP contribution is -2.08. The van der Waals surface area contributed by atoms with Gasteiger partial charge in [-0.05, 0) is 43.2 Å². The fourth-order valence-corrected chi connectivity index (χ4v) is 2.72. The van der Waals surface area contributed by atoms with Gasteiger partial charge in [0.2, 0.25) is 0 Å². The summed E-state index contributed by atoms with van der Waals surface area (Å²) >= 11 is 0. The molecule has 1 heterocycles. The summed E-state index contributed by atoms with van der Waals surface area (Å²) in [6, 6.07) is 14.2. The minimum absolute atomic E-state index is 0.0465. The van der Waals surface area contributed by atoms with Gasteiger partial charge in [0.25, 0.3) is 0 Å². The number of hydrogen-bond acceptors (Lipinski definition) is 3. The largest absolute Gasteiger partial charge is 0.454 e. The number of benzene rings is 2. The molecule has 0 saturated carbocycles. The first-order chi connectivity index (χ1) is 12.1. The predicted molar refractivity (Wildman–Crippen MR) is 97.5 cm³/mol. The Kier molecular flexibility index (Phi) is 5.03. The van der Waals surface area contributed by atoms with Gasteiger partial charge in [-0.2, -0.15) is 5.10 Å². The van der Waals surface area contributed by atoms with Crippen molar-refractivity contribution in [1.29, 1.82) is 0 Å². The highest BCUT2D eigenvalue weighted by molar-refractivity contribution is 5.49. The quantitative estimate of drug-likeness (QED) is 0.680. The van der Waals surface area contributed by atoms with E-state index < -0.39 is 0 Å². The molecule has 0 amide bonds. The Morgan fingerprint density at radius 2 is 1.96 bits per heavy atom. The van der Waals surface area contributed by atoms with Crippen LogP contribution in [0.4, 0.5) is 10.1 Å². The molecule has 0 radical (unpaired) electrons. The van der Waals surface area contributed by atoms with Crippen LogP contribution in [0.1, 0.15) is 31.1 Å². The zero-order valence-electron chi connectivity index (χ0n) is 14.7. The molecule has 1 atom stereocenters. The van der Waals surface area contributed by atoms with E-state index in [9.17, 15) is 4.39 Å². The van der Waals surface area contributed by atoms with Gasteiger partial charge in [0, 0.05) is 19.3 Å². The summed E-state index contributed by atoms with van der Waals surface area (Å²) < 4.78 is 21.8. The van der Waals surface area contributed by atoms with Crippen molar-refractivity contribution in [2.75, 3.05) is 5.32 Å². The van der Waals surface area contributed by atoms with Crippen LogP contribution in [0.5, 0.6) is 11.5 Å². The van der Waals surface area contributed by atoms with E-state index in [4.69, 9.17) is 4.74 Å². The molecule has 4 nitrogen and oxygen atoms in total. The van der Waals surface area contributed by atoms with Gasteiger partial charge in [-0.1, -0.05) is 31.2 Å². The maximum Gasteiger partial charge on any atom is 0.166 e. The van der Waals surface area contributed by atoms with Crippen molar-refractivity contribution < 1.29 is 9.13 Å². The standard InChI is InChI=1S/C20H22FN3O/c1-4-18-19(13-24(3)23-18)22-14(2)15-10-11-20(17(21)12-15)25-16-8-6-5-7-9-16/h5-14,22H,4H2,1-3H3.